The number of H-pyrrole nitrogens is 1. The van der Waals surface area contributed by atoms with Crippen molar-refractivity contribution in [2.24, 2.45) is 0 Å². The standard InChI is InChI=1S/C29H31ClN4O2/c1-19-24(20(2)34(32-19)15-21-9-4-6-11-25(21)30)17-33(3)16-22(35)18-36-28-14-8-13-27-29(28)23-10-5-7-12-26(23)31-27/h4-14,22,31,35H,15-18H2,1-3H3. The Morgan fingerprint density at radius 3 is 2.61 bits per heavy atom. The second kappa shape index (κ2) is 10.3. The Bertz CT molecular complexity index is 1510. The highest BCUT2D eigenvalue weighted by atomic mass is 35.5. The Morgan fingerprint density at radius 2 is 1.78 bits per heavy atom. The predicted octanol–water partition coefficient (Wildman–Crippen LogP) is 5.71. The molecule has 5 aromatic rings. The van der Waals surface area contributed by atoms with E-state index < -0.39 is 6.10 Å². The zero-order valence-electron chi connectivity index (χ0n) is 20.8. The maximum atomic E-state index is 10.8. The van der Waals surface area contributed by atoms with Crippen molar-refractivity contribution in [3.05, 3.63) is 94.3 Å². The van der Waals surface area contributed by atoms with Crippen LogP contribution in [-0.4, -0.2) is 51.1 Å². The number of nitrogens with one attached hydrogen (secondary N) is 1. The van der Waals surface area contributed by atoms with Gasteiger partial charge in [0.1, 0.15) is 18.5 Å². The molecule has 186 valence electrons. The largest absolute Gasteiger partial charge is 0.490 e. The maximum absolute atomic E-state index is 10.8. The minimum Gasteiger partial charge on any atom is -0.490 e. The van der Waals surface area contributed by atoms with E-state index in [4.69, 9.17) is 21.4 Å². The summed E-state index contributed by atoms with van der Waals surface area (Å²) in [6.07, 6.45) is -0.630. The first-order chi connectivity index (χ1) is 17.4. The zero-order valence-corrected chi connectivity index (χ0v) is 21.6. The topological polar surface area (TPSA) is 66.3 Å². The van der Waals surface area contributed by atoms with Gasteiger partial charge in [0.2, 0.25) is 0 Å². The lowest BCUT2D eigenvalue weighted by Crippen LogP contribution is -2.33. The number of ether oxygens (including phenoxy) is 1. The number of hydrogen-bond acceptors (Lipinski definition) is 4. The van der Waals surface area contributed by atoms with E-state index in [2.05, 4.69) is 28.9 Å². The number of benzene rings is 3. The second-order valence-corrected chi connectivity index (χ2v) is 9.82. The molecule has 0 fully saturated rings. The van der Waals surface area contributed by atoms with Crippen LogP contribution in [0.1, 0.15) is 22.5 Å². The molecular formula is C29H31ClN4O2. The van der Waals surface area contributed by atoms with Gasteiger partial charge in [0, 0.05) is 45.7 Å². The summed E-state index contributed by atoms with van der Waals surface area (Å²) in [6.45, 7) is 6.13. The maximum Gasteiger partial charge on any atom is 0.129 e. The normalized spacial score (nSPS) is 12.6. The molecule has 0 spiro atoms. The molecular weight excluding hydrogens is 472 g/mol. The summed E-state index contributed by atoms with van der Waals surface area (Å²) in [6, 6.07) is 22.0. The van der Waals surface area contributed by atoms with Crippen molar-refractivity contribution in [3.8, 4) is 5.75 Å². The number of aromatic nitrogens is 3. The van der Waals surface area contributed by atoms with Crippen molar-refractivity contribution in [1.82, 2.24) is 19.7 Å². The van der Waals surface area contributed by atoms with Gasteiger partial charge in [-0.2, -0.15) is 5.10 Å². The van der Waals surface area contributed by atoms with Crippen LogP contribution in [0.15, 0.2) is 66.7 Å². The van der Waals surface area contributed by atoms with Gasteiger partial charge in [0.25, 0.3) is 0 Å². The monoisotopic (exact) mass is 502 g/mol. The number of para-hydroxylation sites is 1. The van der Waals surface area contributed by atoms with E-state index in [1.807, 2.05) is 73.3 Å². The van der Waals surface area contributed by atoms with Crippen LogP contribution < -0.4 is 4.74 Å². The molecule has 0 radical (unpaired) electrons. The molecule has 1 unspecified atom stereocenters. The Kier molecular flexibility index (Phi) is 7.01. The molecule has 0 aliphatic heterocycles. The number of aliphatic hydroxyl groups is 1. The zero-order chi connectivity index (χ0) is 25.2. The molecule has 0 amide bonds. The third-order valence-electron chi connectivity index (χ3n) is 6.68. The first-order valence-electron chi connectivity index (χ1n) is 12.2. The number of nitrogens with zero attached hydrogens (tertiary/aromatic N) is 3. The van der Waals surface area contributed by atoms with Crippen molar-refractivity contribution in [2.75, 3.05) is 20.2 Å². The molecule has 36 heavy (non-hydrogen) atoms. The molecule has 5 rings (SSSR count). The van der Waals surface area contributed by atoms with Crippen LogP contribution in [0, 0.1) is 13.8 Å². The number of aromatic amines is 1. The van der Waals surface area contributed by atoms with E-state index in [0.29, 0.717) is 19.6 Å². The lowest BCUT2D eigenvalue weighted by molar-refractivity contribution is 0.0749. The number of aryl methyl sites for hydroxylation is 1. The Morgan fingerprint density at radius 1 is 1.03 bits per heavy atom. The Balaban J connectivity index is 1.22. The van der Waals surface area contributed by atoms with Crippen molar-refractivity contribution < 1.29 is 9.84 Å². The lowest BCUT2D eigenvalue weighted by Gasteiger charge is -2.21. The number of rotatable bonds is 9. The van der Waals surface area contributed by atoms with Crippen LogP contribution in [-0.2, 0) is 13.1 Å². The highest BCUT2D eigenvalue weighted by molar-refractivity contribution is 6.31. The number of hydrogen-bond donors (Lipinski definition) is 2. The number of aliphatic hydroxyl groups excluding tert-OH is 1. The van der Waals surface area contributed by atoms with Crippen molar-refractivity contribution in [3.63, 3.8) is 0 Å². The van der Waals surface area contributed by atoms with Gasteiger partial charge in [-0.25, -0.2) is 0 Å². The van der Waals surface area contributed by atoms with Crippen molar-refractivity contribution in [2.45, 2.75) is 33.0 Å². The number of likely N-dealkylation sites (N-methyl/N-ethyl adjacent to an activating group) is 1. The highest BCUT2D eigenvalue weighted by Crippen LogP contribution is 2.33. The fourth-order valence-corrected chi connectivity index (χ4v) is 5.02. The minimum absolute atomic E-state index is 0.215. The SMILES string of the molecule is Cc1nn(Cc2ccccc2Cl)c(C)c1CN(C)CC(O)COc1cccc2[nH]c3ccccc3c12. The average molecular weight is 503 g/mol. The molecule has 2 heterocycles. The molecule has 3 aromatic carbocycles. The van der Waals surface area contributed by atoms with Gasteiger partial charge in [0.15, 0.2) is 0 Å². The van der Waals surface area contributed by atoms with Gasteiger partial charge in [-0.3, -0.25) is 9.58 Å². The smallest absolute Gasteiger partial charge is 0.129 e. The minimum atomic E-state index is -0.630. The fraction of sp³-hybridized carbons (Fsp3) is 0.276. The summed E-state index contributed by atoms with van der Waals surface area (Å²) in [5.41, 5.74) is 6.41. The summed E-state index contributed by atoms with van der Waals surface area (Å²) in [7, 11) is 2.01. The van der Waals surface area contributed by atoms with Crippen molar-refractivity contribution in [1.29, 1.82) is 0 Å². The third-order valence-corrected chi connectivity index (χ3v) is 7.05. The first kappa shape index (κ1) is 24.4. The molecule has 0 saturated heterocycles. The van der Waals surface area contributed by atoms with E-state index in [1.54, 1.807) is 0 Å². The van der Waals surface area contributed by atoms with Gasteiger partial charge in [-0.15, -0.1) is 0 Å². The average Bonchev–Trinajstić information content (AvgIpc) is 3.37. The summed E-state index contributed by atoms with van der Waals surface area (Å²) in [5.74, 6) is 0.777. The van der Waals surface area contributed by atoms with E-state index in [9.17, 15) is 5.11 Å². The van der Waals surface area contributed by atoms with E-state index in [1.165, 1.54) is 5.56 Å². The molecule has 6 nitrogen and oxygen atoms in total. The lowest BCUT2D eigenvalue weighted by atomic mass is 10.1. The fourth-order valence-electron chi connectivity index (χ4n) is 4.83. The second-order valence-electron chi connectivity index (χ2n) is 9.41. The Labute approximate surface area is 216 Å². The predicted molar refractivity (Wildman–Crippen MR) is 146 cm³/mol. The molecule has 2 N–H and O–H groups in total. The summed E-state index contributed by atoms with van der Waals surface area (Å²) in [5, 5.41) is 18.4. The summed E-state index contributed by atoms with van der Waals surface area (Å²) in [4.78, 5) is 5.54. The van der Waals surface area contributed by atoms with Gasteiger partial charge < -0.3 is 14.8 Å². The Hall–Kier alpha value is -3.32. The van der Waals surface area contributed by atoms with E-state index in [0.717, 1.165) is 49.5 Å². The van der Waals surface area contributed by atoms with Crippen LogP contribution in [0.5, 0.6) is 5.75 Å². The number of fused-ring (bicyclic) bond motifs is 3. The van der Waals surface area contributed by atoms with E-state index in [-0.39, 0.29) is 6.61 Å². The van der Waals surface area contributed by atoms with Crippen LogP contribution in [0.25, 0.3) is 21.8 Å². The molecule has 2 aromatic heterocycles. The molecule has 1 atom stereocenters. The number of halogens is 1. The van der Waals surface area contributed by atoms with Gasteiger partial charge in [0.05, 0.1) is 17.8 Å². The molecule has 0 saturated carbocycles. The molecule has 0 aliphatic carbocycles. The summed E-state index contributed by atoms with van der Waals surface area (Å²) >= 11 is 6.35. The van der Waals surface area contributed by atoms with Gasteiger partial charge in [-0.1, -0.05) is 54.1 Å². The first-order valence-corrected chi connectivity index (χ1v) is 12.5. The van der Waals surface area contributed by atoms with Gasteiger partial charge >= 0.3 is 0 Å². The molecule has 7 heteroatoms. The van der Waals surface area contributed by atoms with Crippen LogP contribution in [0.3, 0.4) is 0 Å². The van der Waals surface area contributed by atoms with Crippen LogP contribution >= 0.6 is 11.6 Å². The van der Waals surface area contributed by atoms with Crippen LogP contribution in [0.2, 0.25) is 5.02 Å². The van der Waals surface area contributed by atoms with Gasteiger partial charge in [-0.05, 0) is 50.7 Å². The molecule has 0 aliphatic rings. The van der Waals surface area contributed by atoms with Crippen molar-refractivity contribution >= 4 is 33.4 Å². The van der Waals surface area contributed by atoms with E-state index >= 15 is 0 Å². The summed E-state index contributed by atoms with van der Waals surface area (Å²) < 4.78 is 8.10. The van der Waals surface area contributed by atoms with Crippen LogP contribution in [0.4, 0.5) is 0 Å². The third kappa shape index (κ3) is 4.98. The quantitative estimate of drug-likeness (QED) is 0.271. The molecule has 0 bridgehead atoms. The highest BCUT2D eigenvalue weighted by Gasteiger charge is 2.17.